The van der Waals surface area contributed by atoms with Crippen LogP contribution in [0.3, 0.4) is 0 Å². The fourth-order valence-corrected chi connectivity index (χ4v) is 2.65. The van der Waals surface area contributed by atoms with Gasteiger partial charge in [0.2, 0.25) is 0 Å². The normalized spacial score (nSPS) is 12.0. The number of guanidine groups is 1. The Morgan fingerprint density at radius 3 is 2.64 bits per heavy atom. The van der Waals surface area contributed by atoms with Gasteiger partial charge >= 0.3 is 0 Å². The van der Waals surface area contributed by atoms with Crippen LogP contribution in [-0.4, -0.2) is 41.6 Å². The molecule has 0 atom stereocenters. The van der Waals surface area contributed by atoms with Crippen molar-refractivity contribution < 1.29 is 0 Å². The molecule has 0 aliphatic rings. The molecule has 0 saturated carbocycles. The van der Waals surface area contributed by atoms with Gasteiger partial charge in [-0.15, -0.1) is 35.3 Å². The molecular formula is C15H29IN4S2. The van der Waals surface area contributed by atoms with Gasteiger partial charge < -0.3 is 10.6 Å². The molecule has 1 rings (SSSR count). The zero-order chi connectivity index (χ0) is 15.7. The van der Waals surface area contributed by atoms with Crippen LogP contribution < -0.4 is 10.6 Å². The van der Waals surface area contributed by atoms with Crippen LogP contribution in [0.2, 0.25) is 0 Å². The number of rotatable bonds is 8. The number of thiazole rings is 1. The number of nitrogens with one attached hydrogen (secondary N) is 2. The molecule has 0 aromatic carbocycles. The van der Waals surface area contributed by atoms with E-state index in [0.29, 0.717) is 0 Å². The quantitative estimate of drug-likeness (QED) is 0.357. The van der Waals surface area contributed by atoms with Gasteiger partial charge in [-0.3, -0.25) is 4.99 Å². The largest absolute Gasteiger partial charge is 0.357 e. The van der Waals surface area contributed by atoms with Crippen LogP contribution >= 0.6 is 47.1 Å². The van der Waals surface area contributed by atoms with Gasteiger partial charge in [-0.05, 0) is 33.4 Å². The third kappa shape index (κ3) is 8.57. The minimum absolute atomic E-state index is 0. The molecule has 0 radical (unpaired) electrons. The van der Waals surface area contributed by atoms with Crippen molar-refractivity contribution in [1.82, 2.24) is 15.6 Å². The molecule has 0 fully saturated rings. The third-order valence-electron chi connectivity index (χ3n) is 3.10. The van der Waals surface area contributed by atoms with Crippen molar-refractivity contribution in [3.05, 3.63) is 16.1 Å². The van der Waals surface area contributed by atoms with Crippen molar-refractivity contribution in [2.75, 3.05) is 25.9 Å². The minimum atomic E-state index is 0. The fourth-order valence-electron chi connectivity index (χ4n) is 1.59. The van der Waals surface area contributed by atoms with E-state index in [2.05, 4.69) is 54.6 Å². The summed E-state index contributed by atoms with van der Waals surface area (Å²) in [7, 11) is 0. The zero-order valence-corrected chi connectivity index (χ0v) is 18.2. The maximum absolute atomic E-state index is 4.67. The van der Waals surface area contributed by atoms with Crippen LogP contribution in [0, 0.1) is 0 Å². The first-order valence-corrected chi connectivity index (χ1v) is 9.55. The minimum Gasteiger partial charge on any atom is -0.357 e. The van der Waals surface area contributed by atoms with E-state index in [1.165, 1.54) is 9.88 Å². The van der Waals surface area contributed by atoms with Crippen LogP contribution in [0.5, 0.6) is 0 Å². The summed E-state index contributed by atoms with van der Waals surface area (Å²) in [6, 6.07) is 0. The fraction of sp³-hybridized carbons (Fsp3) is 0.733. The van der Waals surface area contributed by atoms with E-state index >= 15 is 0 Å². The molecule has 7 heteroatoms. The van der Waals surface area contributed by atoms with E-state index in [-0.39, 0.29) is 28.7 Å². The molecule has 0 bridgehead atoms. The molecule has 0 spiro atoms. The summed E-state index contributed by atoms with van der Waals surface area (Å²) in [6.07, 6.45) is 6.13. The molecule has 22 heavy (non-hydrogen) atoms. The second-order valence-electron chi connectivity index (χ2n) is 5.41. The first-order chi connectivity index (χ1) is 10.0. The standard InChI is InChI=1S/C15H28N4S2.HI/c1-6-12-10-18-13(21-12)8-9-17-14(16-7-2)19-11-15(3,4)20-5;/h10H,6-9,11H2,1-5H3,(H2,16,17,19);1H. The van der Waals surface area contributed by atoms with Gasteiger partial charge in [0.05, 0.1) is 11.6 Å². The molecule has 128 valence electrons. The van der Waals surface area contributed by atoms with Gasteiger partial charge in [0.15, 0.2) is 5.96 Å². The van der Waals surface area contributed by atoms with Gasteiger partial charge in [-0.2, -0.15) is 11.8 Å². The Morgan fingerprint density at radius 1 is 1.36 bits per heavy atom. The lowest BCUT2D eigenvalue weighted by Crippen LogP contribution is -2.39. The Kier molecular flexibility index (Phi) is 11.5. The number of aliphatic imine (C=N–C) groups is 1. The highest BCUT2D eigenvalue weighted by Gasteiger charge is 2.15. The highest BCUT2D eigenvalue weighted by Crippen LogP contribution is 2.20. The van der Waals surface area contributed by atoms with E-state index in [4.69, 9.17) is 0 Å². The van der Waals surface area contributed by atoms with Crippen LogP contribution in [0.1, 0.15) is 37.6 Å². The van der Waals surface area contributed by atoms with Crippen LogP contribution in [-0.2, 0) is 12.8 Å². The Balaban J connectivity index is 0.00000441. The maximum atomic E-state index is 4.67. The zero-order valence-electron chi connectivity index (χ0n) is 14.2. The summed E-state index contributed by atoms with van der Waals surface area (Å²) in [5.74, 6) is 0.895. The van der Waals surface area contributed by atoms with E-state index < -0.39 is 0 Å². The molecule has 0 unspecified atom stereocenters. The number of nitrogens with zero attached hydrogens (tertiary/aromatic N) is 2. The summed E-state index contributed by atoms with van der Waals surface area (Å²) < 4.78 is 0.174. The number of aryl methyl sites for hydroxylation is 1. The van der Waals surface area contributed by atoms with Crippen LogP contribution in [0.4, 0.5) is 0 Å². The van der Waals surface area contributed by atoms with Crippen LogP contribution in [0.15, 0.2) is 11.2 Å². The smallest absolute Gasteiger partial charge is 0.191 e. The number of aromatic nitrogens is 1. The Hall–Kier alpha value is -0.0200. The molecule has 0 aliphatic carbocycles. The molecule has 1 aromatic rings. The summed E-state index contributed by atoms with van der Waals surface area (Å²) in [6.45, 7) is 11.2. The molecule has 0 aliphatic heterocycles. The average molecular weight is 456 g/mol. The number of halogens is 1. The highest BCUT2D eigenvalue weighted by molar-refractivity contribution is 14.0. The summed E-state index contributed by atoms with van der Waals surface area (Å²) in [5.41, 5.74) is 0. The van der Waals surface area contributed by atoms with Crippen molar-refractivity contribution in [3.8, 4) is 0 Å². The highest BCUT2D eigenvalue weighted by atomic mass is 127. The Bertz CT molecular complexity index is 447. The van der Waals surface area contributed by atoms with Gasteiger partial charge in [-0.1, -0.05) is 6.92 Å². The predicted octanol–water partition coefficient (Wildman–Crippen LogP) is 3.56. The number of thioether (sulfide) groups is 1. The van der Waals surface area contributed by atoms with Crippen molar-refractivity contribution >= 4 is 53.0 Å². The van der Waals surface area contributed by atoms with Gasteiger partial charge in [-0.25, -0.2) is 4.98 Å². The predicted molar refractivity (Wildman–Crippen MR) is 112 cm³/mol. The molecule has 0 saturated heterocycles. The van der Waals surface area contributed by atoms with Crippen molar-refractivity contribution in [1.29, 1.82) is 0 Å². The van der Waals surface area contributed by atoms with Gasteiger partial charge in [0.1, 0.15) is 0 Å². The second kappa shape index (κ2) is 11.5. The summed E-state index contributed by atoms with van der Waals surface area (Å²) in [4.78, 5) is 10.5. The van der Waals surface area contributed by atoms with E-state index in [1.54, 1.807) is 11.3 Å². The topological polar surface area (TPSA) is 49.3 Å². The van der Waals surface area contributed by atoms with Crippen molar-refractivity contribution in [3.63, 3.8) is 0 Å². The van der Waals surface area contributed by atoms with E-state index in [0.717, 1.165) is 38.4 Å². The van der Waals surface area contributed by atoms with E-state index in [1.807, 2.05) is 18.0 Å². The van der Waals surface area contributed by atoms with Gasteiger partial charge in [0, 0.05) is 35.3 Å². The monoisotopic (exact) mass is 456 g/mol. The van der Waals surface area contributed by atoms with Gasteiger partial charge in [0.25, 0.3) is 0 Å². The average Bonchev–Trinajstić information content (AvgIpc) is 2.93. The molecular weight excluding hydrogens is 427 g/mol. The van der Waals surface area contributed by atoms with Crippen molar-refractivity contribution in [2.24, 2.45) is 4.99 Å². The lowest BCUT2D eigenvalue weighted by atomic mass is 10.2. The number of hydrogen-bond donors (Lipinski definition) is 2. The first kappa shape index (κ1) is 22.0. The summed E-state index contributed by atoms with van der Waals surface area (Å²) >= 11 is 3.65. The lowest BCUT2D eigenvalue weighted by Gasteiger charge is -2.20. The molecule has 4 nitrogen and oxygen atoms in total. The van der Waals surface area contributed by atoms with Crippen LogP contribution in [0.25, 0.3) is 0 Å². The maximum Gasteiger partial charge on any atom is 0.191 e. The van der Waals surface area contributed by atoms with Crippen molar-refractivity contribution in [2.45, 2.75) is 45.3 Å². The lowest BCUT2D eigenvalue weighted by molar-refractivity contribution is 0.710. The Labute approximate surface area is 160 Å². The molecule has 2 N–H and O–H groups in total. The molecule has 1 aromatic heterocycles. The van der Waals surface area contributed by atoms with E-state index in [9.17, 15) is 0 Å². The second-order valence-corrected chi connectivity index (χ2v) is 8.12. The SMILES string of the molecule is CCNC(=NCC(C)(C)SC)NCCc1ncc(CC)s1.I. The first-order valence-electron chi connectivity index (χ1n) is 7.51. The summed E-state index contributed by atoms with van der Waals surface area (Å²) in [5, 5.41) is 7.88. The Morgan fingerprint density at radius 2 is 2.09 bits per heavy atom. The molecule has 1 heterocycles. The third-order valence-corrected chi connectivity index (χ3v) is 5.53. The number of hydrogen-bond acceptors (Lipinski definition) is 4. The molecule has 0 amide bonds.